The van der Waals surface area contributed by atoms with Crippen LogP contribution in [0.5, 0.6) is 0 Å². The number of nitrogens with zero attached hydrogens (tertiary/aromatic N) is 4. The Morgan fingerprint density at radius 3 is 2.94 bits per heavy atom. The van der Waals surface area contributed by atoms with Crippen molar-refractivity contribution in [2.75, 3.05) is 13.6 Å². The average Bonchev–Trinajstić information content (AvgIpc) is 2.86. The summed E-state index contributed by atoms with van der Waals surface area (Å²) in [4.78, 5) is 4.35. The van der Waals surface area contributed by atoms with Crippen LogP contribution in [-0.4, -0.2) is 32.9 Å². The minimum atomic E-state index is 0.834. The predicted molar refractivity (Wildman–Crippen MR) is 62.2 cm³/mol. The molecule has 0 aliphatic rings. The van der Waals surface area contributed by atoms with Crippen molar-refractivity contribution in [1.29, 1.82) is 0 Å². The van der Waals surface area contributed by atoms with Gasteiger partial charge in [0.2, 0.25) is 0 Å². The molecule has 86 valence electrons. The molecule has 5 heteroatoms. The number of aryl methyl sites for hydroxylation is 1. The van der Waals surface area contributed by atoms with E-state index >= 15 is 0 Å². The van der Waals surface area contributed by atoms with E-state index in [9.17, 15) is 0 Å². The maximum absolute atomic E-state index is 4.35. The summed E-state index contributed by atoms with van der Waals surface area (Å²) in [5.74, 6) is 0. The quantitative estimate of drug-likeness (QED) is 0.793. The maximum Gasteiger partial charge on any atom is 0.0952 e. The lowest BCUT2D eigenvalue weighted by atomic mass is 10.3. The molecule has 0 atom stereocenters. The summed E-state index contributed by atoms with van der Waals surface area (Å²) < 4.78 is 3.90. The zero-order chi connectivity index (χ0) is 11.4. The molecule has 0 unspecified atom stereocenters. The van der Waals surface area contributed by atoms with Crippen molar-refractivity contribution in [2.45, 2.75) is 13.0 Å². The van der Waals surface area contributed by atoms with E-state index in [4.69, 9.17) is 0 Å². The van der Waals surface area contributed by atoms with Crippen LogP contribution in [0.25, 0.3) is 0 Å². The van der Waals surface area contributed by atoms with Crippen molar-refractivity contribution in [3.05, 3.63) is 36.2 Å². The molecule has 2 aromatic heterocycles. The Labute approximate surface area is 95.1 Å². The molecule has 0 saturated carbocycles. The van der Waals surface area contributed by atoms with E-state index in [1.54, 1.807) is 0 Å². The van der Waals surface area contributed by atoms with Gasteiger partial charge in [0.05, 0.1) is 24.8 Å². The number of rotatable bonds is 5. The number of nitrogens with one attached hydrogen (secondary N) is 1. The minimum absolute atomic E-state index is 0.834. The molecule has 16 heavy (non-hydrogen) atoms. The SMILES string of the molecule is CNCCc1cn(Cc2cnn(C)c2)cn1. The third kappa shape index (κ3) is 2.70. The Morgan fingerprint density at radius 2 is 2.25 bits per heavy atom. The highest BCUT2D eigenvalue weighted by atomic mass is 15.2. The first-order chi connectivity index (χ1) is 7.78. The van der Waals surface area contributed by atoms with Crippen molar-refractivity contribution < 1.29 is 0 Å². The van der Waals surface area contributed by atoms with Gasteiger partial charge in [-0.2, -0.15) is 5.10 Å². The summed E-state index contributed by atoms with van der Waals surface area (Å²) in [7, 11) is 3.88. The molecule has 2 heterocycles. The van der Waals surface area contributed by atoms with Crippen LogP contribution in [0, 0.1) is 0 Å². The van der Waals surface area contributed by atoms with Gasteiger partial charge >= 0.3 is 0 Å². The van der Waals surface area contributed by atoms with Gasteiger partial charge in [0.25, 0.3) is 0 Å². The van der Waals surface area contributed by atoms with Gasteiger partial charge in [0, 0.05) is 38.0 Å². The molecule has 1 N–H and O–H groups in total. The van der Waals surface area contributed by atoms with Gasteiger partial charge in [-0.05, 0) is 7.05 Å². The first kappa shape index (κ1) is 10.9. The molecule has 0 aliphatic carbocycles. The van der Waals surface area contributed by atoms with Gasteiger partial charge in [-0.15, -0.1) is 0 Å². The number of likely N-dealkylation sites (N-methyl/N-ethyl adjacent to an activating group) is 1. The molecule has 5 nitrogen and oxygen atoms in total. The van der Waals surface area contributed by atoms with Gasteiger partial charge in [-0.25, -0.2) is 4.98 Å². The fraction of sp³-hybridized carbons (Fsp3) is 0.455. The summed E-state index contributed by atoms with van der Waals surface area (Å²) in [6, 6.07) is 0. The number of hydrogen-bond acceptors (Lipinski definition) is 3. The lowest BCUT2D eigenvalue weighted by molar-refractivity contribution is 0.760. The minimum Gasteiger partial charge on any atom is -0.333 e. The normalized spacial score (nSPS) is 10.9. The third-order valence-electron chi connectivity index (χ3n) is 2.44. The fourth-order valence-electron chi connectivity index (χ4n) is 1.64. The third-order valence-corrected chi connectivity index (χ3v) is 2.44. The summed E-state index contributed by atoms with van der Waals surface area (Å²) >= 11 is 0. The summed E-state index contributed by atoms with van der Waals surface area (Å²) in [5, 5.41) is 7.26. The van der Waals surface area contributed by atoms with Gasteiger partial charge in [-0.1, -0.05) is 0 Å². The van der Waals surface area contributed by atoms with Crippen LogP contribution in [-0.2, 0) is 20.0 Å². The lowest BCUT2D eigenvalue weighted by Crippen LogP contribution is -2.10. The number of aromatic nitrogens is 4. The van der Waals surface area contributed by atoms with Crippen molar-refractivity contribution in [2.24, 2.45) is 7.05 Å². The fourth-order valence-corrected chi connectivity index (χ4v) is 1.64. The van der Waals surface area contributed by atoms with E-state index in [1.165, 1.54) is 5.56 Å². The second-order valence-corrected chi connectivity index (χ2v) is 3.91. The Balaban J connectivity index is 1.97. The summed E-state index contributed by atoms with van der Waals surface area (Å²) in [6.07, 6.45) is 8.83. The first-order valence-corrected chi connectivity index (χ1v) is 5.40. The molecule has 0 aromatic carbocycles. The van der Waals surface area contributed by atoms with Crippen LogP contribution < -0.4 is 5.32 Å². The van der Waals surface area contributed by atoms with Crippen LogP contribution in [0.15, 0.2) is 24.9 Å². The lowest BCUT2D eigenvalue weighted by Gasteiger charge is -1.97. The standard InChI is InChI=1S/C11H17N5/c1-12-4-3-11-8-16(9-13-11)7-10-5-14-15(2)6-10/h5-6,8-9,12H,3-4,7H2,1-2H3. The molecular formula is C11H17N5. The van der Waals surface area contributed by atoms with Crippen molar-refractivity contribution in [1.82, 2.24) is 24.6 Å². The molecule has 0 bridgehead atoms. The average molecular weight is 219 g/mol. The maximum atomic E-state index is 4.35. The first-order valence-electron chi connectivity index (χ1n) is 5.40. The largest absolute Gasteiger partial charge is 0.333 e. The van der Waals surface area contributed by atoms with E-state index < -0.39 is 0 Å². The number of imidazole rings is 1. The second-order valence-electron chi connectivity index (χ2n) is 3.91. The molecule has 0 aliphatic heterocycles. The molecule has 0 saturated heterocycles. The molecule has 0 amide bonds. The number of hydrogen-bond donors (Lipinski definition) is 1. The smallest absolute Gasteiger partial charge is 0.0952 e. The molecular weight excluding hydrogens is 202 g/mol. The molecule has 0 spiro atoms. The summed E-state index contributed by atoms with van der Waals surface area (Å²) in [5.41, 5.74) is 2.32. The van der Waals surface area contributed by atoms with E-state index in [-0.39, 0.29) is 0 Å². The highest BCUT2D eigenvalue weighted by Crippen LogP contribution is 2.03. The van der Waals surface area contributed by atoms with Crippen molar-refractivity contribution >= 4 is 0 Å². The van der Waals surface area contributed by atoms with Crippen LogP contribution in [0.3, 0.4) is 0 Å². The van der Waals surface area contributed by atoms with Crippen LogP contribution in [0.2, 0.25) is 0 Å². The zero-order valence-corrected chi connectivity index (χ0v) is 9.72. The van der Waals surface area contributed by atoms with Crippen LogP contribution in [0.4, 0.5) is 0 Å². The predicted octanol–water partition coefficient (Wildman–Crippen LogP) is 0.427. The second kappa shape index (κ2) is 4.94. The van der Waals surface area contributed by atoms with E-state index in [1.807, 2.05) is 37.5 Å². The van der Waals surface area contributed by atoms with Gasteiger partial charge in [-0.3, -0.25) is 4.68 Å². The summed E-state index contributed by atoms with van der Waals surface area (Å²) in [6.45, 7) is 1.80. The highest BCUT2D eigenvalue weighted by molar-refractivity contribution is 5.06. The molecule has 0 radical (unpaired) electrons. The van der Waals surface area contributed by atoms with Gasteiger partial charge < -0.3 is 9.88 Å². The topological polar surface area (TPSA) is 47.7 Å². The van der Waals surface area contributed by atoms with Gasteiger partial charge in [0.15, 0.2) is 0 Å². The van der Waals surface area contributed by atoms with Crippen LogP contribution >= 0.6 is 0 Å². The van der Waals surface area contributed by atoms with E-state index in [0.29, 0.717) is 0 Å². The van der Waals surface area contributed by atoms with Crippen LogP contribution in [0.1, 0.15) is 11.3 Å². The van der Waals surface area contributed by atoms with E-state index in [2.05, 4.69) is 26.2 Å². The molecule has 0 fully saturated rings. The molecule has 2 rings (SSSR count). The van der Waals surface area contributed by atoms with Gasteiger partial charge in [0.1, 0.15) is 0 Å². The highest BCUT2D eigenvalue weighted by Gasteiger charge is 2.00. The molecule has 2 aromatic rings. The van der Waals surface area contributed by atoms with Crippen molar-refractivity contribution in [3.63, 3.8) is 0 Å². The Hall–Kier alpha value is -1.62. The Bertz CT molecular complexity index is 443. The monoisotopic (exact) mass is 219 g/mol. The Kier molecular flexibility index (Phi) is 3.36. The van der Waals surface area contributed by atoms with Crippen molar-refractivity contribution in [3.8, 4) is 0 Å². The Morgan fingerprint density at radius 1 is 1.38 bits per heavy atom. The zero-order valence-electron chi connectivity index (χ0n) is 9.72. The van der Waals surface area contributed by atoms with E-state index in [0.717, 1.165) is 25.2 Å².